The zero-order valence-electron chi connectivity index (χ0n) is 9.84. The van der Waals surface area contributed by atoms with Crippen LogP contribution in [-0.2, 0) is 4.74 Å². The summed E-state index contributed by atoms with van der Waals surface area (Å²) in [6, 6.07) is 0. The minimum absolute atomic E-state index is 0.768. The van der Waals surface area contributed by atoms with Gasteiger partial charge < -0.3 is 4.74 Å². The molecule has 1 nitrogen and oxygen atoms in total. The molecule has 0 N–H and O–H groups in total. The molecule has 1 heterocycles. The van der Waals surface area contributed by atoms with Crippen molar-refractivity contribution in [2.45, 2.75) is 64.2 Å². The second-order valence-electron chi connectivity index (χ2n) is 4.99. The monoisotopic (exact) mass is 208 g/mol. The van der Waals surface area contributed by atoms with E-state index in [9.17, 15) is 0 Å². The molecular formula is C14H24O. The lowest BCUT2D eigenvalue weighted by Crippen LogP contribution is -1.98. The Morgan fingerprint density at radius 1 is 0.867 bits per heavy atom. The summed E-state index contributed by atoms with van der Waals surface area (Å²) in [5, 5.41) is 0. The third-order valence-electron chi connectivity index (χ3n) is 3.74. The van der Waals surface area contributed by atoms with Gasteiger partial charge in [0, 0.05) is 5.92 Å². The van der Waals surface area contributed by atoms with Crippen LogP contribution in [0.3, 0.4) is 0 Å². The molecule has 0 bridgehead atoms. The SMILES string of the molecule is C1=C2OCCC2CCCCCCCCC1. The summed E-state index contributed by atoms with van der Waals surface area (Å²) in [5.74, 6) is 2.10. The molecule has 1 heteroatoms. The van der Waals surface area contributed by atoms with E-state index in [-0.39, 0.29) is 0 Å². The Morgan fingerprint density at radius 3 is 2.47 bits per heavy atom. The first-order valence-electron chi connectivity index (χ1n) is 6.79. The van der Waals surface area contributed by atoms with E-state index in [4.69, 9.17) is 4.74 Å². The molecule has 0 aromatic rings. The lowest BCUT2D eigenvalue weighted by molar-refractivity contribution is 0.255. The third-order valence-corrected chi connectivity index (χ3v) is 3.74. The molecule has 1 fully saturated rings. The molecule has 0 radical (unpaired) electrons. The van der Waals surface area contributed by atoms with Gasteiger partial charge in [0.2, 0.25) is 0 Å². The number of hydrogen-bond donors (Lipinski definition) is 0. The Balaban J connectivity index is 1.87. The van der Waals surface area contributed by atoms with Gasteiger partial charge in [-0.15, -0.1) is 0 Å². The average molecular weight is 208 g/mol. The molecule has 1 saturated heterocycles. The average Bonchev–Trinajstić information content (AvgIpc) is 2.65. The van der Waals surface area contributed by atoms with Crippen LogP contribution in [0.1, 0.15) is 64.2 Å². The molecule has 1 aliphatic heterocycles. The maximum absolute atomic E-state index is 5.72. The number of allylic oxidation sites excluding steroid dienone is 2. The van der Waals surface area contributed by atoms with Crippen molar-refractivity contribution in [3.05, 3.63) is 11.8 Å². The molecular weight excluding hydrogens is 184 g/mol. The van der Waals surface area contributed by atoms with E-state index in [2.05, 4.69) is 6.08 Å². The first-order valence-corrected chi connectivity index (χ1v) is 6.79. The van der Waals surface area contributed by atoms with Gasteiger partial charge in [0.05, 0.1) is 12.4 Å². The number of fused-ring (bicyclic) bond motifs is 1. The zero-order chi connectivity index (χ0) is 10.3. The fourth-order valence-electron chi connectivity index (χ4n) is 2.75. The quantitative estimate of drug-likeness (QED) is 0.572. The van der Waals surface area contributed by atoms with E-state index in [0.717, 1.165) is 12.5 Å². The second-order valence-corrected chi connectivity index (χ2v) is 4.99. The molecule has 2 rings (SSSR count). The molecule has 0 spiro atoms. The molecule has 86 valence electrons. The maximum atomic E-state index is 5.72. The van der Waals surface area contributed by atoms with Gasteiger partial charge in [-0.25, -0.2) is 0 Å². The highest BCUT2D eigenvalue weighted by Gasteiger charge is 2.21. The van der Waals surface area contributed by atoms with Crippen LogP contribution in [0.2, 0.25) is 0 Å². The van der Waals surface area contributed by atoms with Crippen LogP contribution in [0.15, 0.2) is 11.8 Å². The molecule has 1 aliphatic carbocycles. The minimum Gasteiger partial charge on any atom is -0.498 e. The number of ether oxygens (including phenoxy) is 1. The van der Waals surface area contributed by atoms with Gasteiger partial charge in [-0.1, -0.05) is 38.5 Å². The maximum Gasteiger partial charge on any atom is 0.0952 e. The molecule has 0 saturated carbocycles. The Hall–Kier alpha value is -0.460. The molecule has 0 aromatic carbocycles. The fourth-order valence-corrected chi connectivity index (χ4v) is 2.75. The van der Waals surface area contributed by atoms with Gasteiger partial charge in [-0.3, -0.25) is 0 Å². The summed E-state index contributed by atoms with van der Waals surface area (Å²) in [4.78, 5) is 0. The fraction of sp³-hybridized carbons (Fsp3) is 0.857. The van der Waals surface area contributed by atoms with Crippen LogP contribution < -0.4 is 0 Å². The van der Waals surface area contributed by atoms with Crippen LogP contribution in [0.25, 0.3) is 0 Å². The topological polar surface area (TPSA) is 9.23 Å². The molecule has 1 unspecified atom stereocenters. The summed E-state index contributed by atoms with van der Waals surface area (Å²) in [6.07, 6.45) is 16.2. The Labute approximate surface area is 93.9 Å². The van der Waals surface area contributed by atoms with Crippen molar-refractivity contribution in [1.29, 1.82) is 0 Å². The third kappa shape index (κ3) is 3.55. The highest BCUT2D eigenvalue weighted by molar-refractivity contribution is 5.02. The van der Waals surface area contributed by atoms with Crippen molar-refractivity contribution >= 4 is 0 Å². The number of rotatable bonds is 0. The van der Waals surface area contributed by atoms with E-state index in [1.54, 1.807) is 0 Å². The molecule has 15 heavy (non-hydrogen) atoms. The molecule has 0 aromatic heterocycles. The summed E-state index contributed by atoms with van der Waals surface area (Å²) >= 11 is 0. The van der Waals surface area contributed by atoms with Gasteiger partial charge in [0.15, 0.2) is 0 Å². The van der Waals surface area contributed by atoms with Gasteiger partial charge in [-0.05, 0) is 31.8 Å². The summed E-state index contributed by atoms with van der Waals surface area (Å²) < 4.78 is 5.72. The molecule has 1 atom stereocenters. The first-order chi connectivity index (χ1) is 7.47. The smallest absolute Gasteiger partial charge is 0.0952 e. The van der Waals surface area contributed by atoms with Gasteiger partial charge in [0.25, 0.3) is 0 Å². The van der Waals surface area contributed by atoms with Crippen molar-refractivity contribution in [3.8, 4) is 0 Å². The molecule has 0 amide bonds. The van der Waals surface area contributed by atoms with Crippen molar-refractivity contribution < 1.29 is 4.74 Å². The van der Waals surface area contributed by atoms with Crippen LogP contribution >= 0.6 is 0 Å². The largest absolute Gasteiger partial charge is 0.498 e. The lowest BCUT2D eigenvalue weighted by Gasteiger charge is -2.11. The Morgan fingerprint density at radius 2 is 1.60 bits per heavy atom. The van der Waals surface area contributed by atoms with E-state index in [0.29, 0.717) is 0 Å². The summed E-state index contributed by atoms with van der Waals surface area (Å²) in [5.41, 5.74) is 0. The van der Waals surface area contributed by atoms with Crippen LogP contribution in [0, 0.1) is 5.92 Å². The highest BCUT2D eigenvalue weighted by atomic mass is 16.5. The Kier molecular flexibility index (Phi) is 4.56. The van der Waals surface area contributed by atoms with Crippen LogP contribution in [0.4, 0.5) is 0 Å². The standard InChI is InChI=1S/C14H24O/c1-2-4-6-8-10-14-13(11-12-15-14)9-7-5-3-1/h10,13H,1-9,11-12H2. The van der Waals surface area contributed by atoms with E-state index < -0.39 is 0 Å². The van der Waals surface area contributed by atoms with Gasteiger partial charge in [0.1, 0.15) is 0 Å². The van der Waals surface area contributed by atoms with E-state index in [1.807, 2.05) is 0 Å². The first kappa shape index (κ1) is 11.0. The Bertz CT molecular complexity index is 207. The van der Waals surface area contributed by atoms with Gasteiger partial charge in [-0.2, -0.15) is 0 Å². The molecule has 2 aliphatic rings. The number of hydrogen-bond acceptors (Lipinski definition) is 1. The minimum atomic E-state index is 0.768. The second kappa shape index (κ2) is 6.19. The highest BCUT2D eigenvalue weighted by Crippen LogP contribution is 2.30. The summed E-state index contributed by atoms with van der Waals surface area (Å²) in [7, 11) is 0. The summed E-state index contributed by atoms with van der Waals surface area (Å²) in [6.45, 7) is 0.969. The van der Waals surface area contributed by atoms with Gasteiger partial charge >= 0.3 is 0 Å². The van der Waals surface area contributed by atoms with Crippen molar-refractivity contribution in [2.75, 3.05) is 6.61 Å². The van der Waals surface area contributed by atoms with E-state index in [1.165, 1.54) is 70.0 Å². The van der Waals surface area contributed by atoms with Crippen molar-refractivity contribution in [1.82, 2.24) is 0 Å². The predicted octanol–water partition coefficient (Wildman–Crippen LogP) is 4.43. The van der Waals surface area contributed by atoms with E-state index >= 15 is 0 Å². The van der Waals surface area contributed by atoms with Crippen molar-refractivity contribution in [3.63, 3.8) is 0 Å². The zero-order valence-corrected chi connectivity index (χ0v) is 9.84. The van der Waals surface area contributed by atoms with Crippen LogP contribution in [-0.4, -0.2) is 6.61 Å². The normalized spacial score (nSPS) is 29.3. The van der Waals surface area contributed by atoms with Crippen molar-refractivity contribution in [2.24, 2.45) is 5.92 Å². The predicted molar refractivity (Wildman–Crippen MR) is 63.7 cm³/mol. The lowest BCUT2D eigenvalue weighted by atomic mass is 9.95. The van der Waals surface area contributed by atoms with Crippen LogP contribution in [0.5, 0.6) is 0 Å².